The van der Waals surface area contributed by atoms with E-state index in [0.717, 1.165) is 24.5 Å². The van der Waals surface area contributed by atoms with Gasteiger partial charge in [-0.25, -0.2) is 0 Å². The molecule has 0 bridgehead atoms. The van der Waals surface area contributed by atoms with Crippen LogP contribution in [0.4, 0.5) is 0 Å². The third-order valence-corrected chi connectivity index (χ3v) is 2.40. The fraction of sp³-hybridized carbons (Fsp3) is 0.667. The van der Waals surface area contributed by atoms with E-state index in [9.17, 15) is 0 Å². The molecule has 13 heavy (non-hydrogen) atoms. The van der Waals surface area contributed by atoms with Crippen LogP contribution in [-0.4, -0.2) is 12.7 Å². The molecule has 0 radical (unpaired) electrons. The Bertz CT molecular complexity index is 193. The second kappa shape index (κ2) is 5.23. The van der Waals surface area contributed by atoms with Crippen LogP contribution in [0.1, 0.15) is 33.1 Å². The van der Waals surface area contributed by atoms with Crippen LogP contribution < -0.4 is 0 Å². The summed E-state index contributed by atoms with van der Waals surface area (Å²) in [7, 11) is 0. The number of hydrogen-bond donors (Lipinski definition) is 0. The number of rotatable bonds is 2. The highest BCUT2D eigenvalue weighted by Gasteiger charge is 2.14. The quantitative estimate of drug-likeness (QED) is 0.592. The highest BCUT2D eigenvalue weighted by atomic mass is 16.5. The maximum atomic E-state index is 5.70. The van der Waals surface area contributed by atoms with Crippen LogP contribution in [0.3, 0.4) is 0 Å². The molecular formula is C12H20O. The van der Waals surface area contributed by atoms with Crippen molar-refractivity contribution in [1.82, 2.24) is 0 Å². The molecule has 74 valence electrons. The molecule has 0 N–H and O–H groups in total. The Morgan fingerprint density at radius 3 is 3.00 bits per heavy atom. The van der Waals surface area contributed by atoms with E-state index in [1.807, 2.05) is 6.92 Å². The Kier molecular flexibility index (Phi) is 4.23. The van der Waals surface area contributed by atoms with Gasteiger partial charge in [-0.15, -0.1) is 0 Å². The molecule has 0 aliphatic carbocycles. The SMILES string of the molecule is C=C(C)/C=C/C1CC(C)CCCO1. The van der Waals surface area contributed by atoms with Gasteiger partial charge in [0.05, 0.1) is 6.10 Å². The lowest BCUT2D eigenvalue weighted by atomic mass is 9.99. The summed E-state index contributed by atoms with van der Waals surface area (Å²) in [5.41, 5.74) is 1.10. The molecule has 1 fully saturated rings. The smallest absolute Gasteiger partial charge is 0.0761 e. The number of hydrogen-bond acceptors (Lipinski definition) is 1. The first kappa shape index (κ1) is 10.5. The lowest BCUT2D eigenvalue weighted by Crippen LogP contribution is -2.10. The van der Waals surface area contributed by atoms with E-state index in [1.54, 1.807) is 0 Å². The monoisotopic (exact) mass is 180 g/mol. The molecule has 0 aromatic heterocycles. The average molecular weight is 180 g/mol. The second-order valence-corrected chi connectivity index (χ2v) is 4.10. The van der Waals surface area contributed by atoms with Gasteiger partial charge in [-0.1, -0.05) is 31.2 Å². The van der Waals surface area contributed by atoms with E-state index in [1.165, 1.54) is 12.8 Å². The minimum absolute atomic E-state index is 0.314. The van der Waals surface area contributed by atoms with Crippen LogP contribution in [0.5, 0.6) is 0 Å². The molecule has 1 heterocycles. The Hall–Kier alpha value is -0.560. The molecule has 1 heteroatoms. The van der Waals surface area contributed by atoms with Crippen molar-refractivity contribution in [1.29, 1.82) is 0 Å². The lowest BCUT2D eigenvalue weighted by molar-refractivity contribution is 0.0883. The van der Waals surface area contributed by atoms with Gasteiger partial charge in [-0.2, -0.15) is 0 Å². The third kappa shape index (κ3) is 4.28. The molecule has 0 spiro atoms. The van der Waals surface area contributed by atoms with Crippen molar-refractivity contribution in [2.75, 3.05) is 6.61 Å². The van der Waals surface area contributed by atoms with Crippen LogP contribution in [0.15, 0.2) is 24.3 Å². The van der Waals surface area contributed by atoms with Crippen LogP contribution in [0.25, 0.3) is 0 Å². The fourth-order valence-corrected chi connectivity index (χ4v) is 1.65. The Morgan fingerprint density at radius 1 is 1.54 bits per heavy atom. The predicted octanol–water partition coefficient (Wildman–Crippen LogP) is 3.32. The molecule has 1 aliphatic rings. The minimum Gasteiger partial charge on any atom is -0.374 e. The summed E-state index contributed by atoms with van der Waals surface area (Å²) in [4.78, 5) is 0. The first-order valence-corrected chi connectivity index (χ1v) is 5.14. The van der Waals surface area contributed by atoms with Crippen molar-refractivity contribution in [3.63, 3.8) is 0 Å². The van der Waals surface area contributed by atoms with Gasteiger partial charge in [0.25, 0.3) is 0 Å². The van der Waals surface area contributed by atoms with E-state index < -0.39 is 0 Å². The summed E-state index contributed by atoms with van der Waals surface area (Å²) in [6, 6.07) is 0. The standard InChI is InChI=1S/C12H20O/c1-10(2)6-7-12-9-11(3)5-4-8-13-12/h6-7,11-12H,1,4-5,8-9H2,2-3H3/b7-6+. The molecule has 1 rings (SSSR count). The summed E-state index contributed by atoms with van der Waals surface area (Å²) in [6.45, 7) is 9.06. The van der Waals surface area contributed by atoms with E-state index in [2.05, 4.69) is 25.7 Å². The van der Waals surface area contributed by atoms with Gasteiger partial charge in [0.2, 0.25) is 0 Å². The van der Waals surface area contributed by atoms with E-state index in [4.69, 9.17) is 4.74 Å². The van der Waals surface area contributed by atoms with Gasteiger partial charge in [-0.3, -0.25) is 0 Å². The second-order valence-electron chi connectivity index (χ2n) is 4.10. The molecule has 2 unspecified atom stereocenters. The fourth-order valence-electron chi connectivity index (χ4n) is 1.65. The Balaban J connectivity index is 2.43. The van der Waals surface area contributed by atoms with Gasteiger partial charge in [-0.05, 0) is 32.1 Å². The van der Waals surface area contributed by atoms with E-state index >= 15 is 0 Å². The van der Waals surface area contributed by atoms with Crippen LogP contribution in [-0.2, 0) is 4.74 Å². The van der Waals surface area contributed by atoms with Crippen LogP contribution in [0.2, 0.25) is 0 Å². The molecule has 0 aromatic rings. The van der Waals surface area contributed by atoms with Crippen LogP contribution in [0, 0.1) is 5.92 Å². The molecule has 1 aliphatic heterocycles. The van der Waals surface area contributed by atoms with Crippen molar-refractivity contribution in [3.05, 3.63) is 24.3 Å². The molecule has 0 amide bonds. The van der Waals surface area contributed by atoms with Gasteiger partial charge < -0.3 is 4.74 Å². The molecule has 0 saturated carbocycles. The number of ether oxygens (including phenoxy) is 1. The molecule has 1 saturated heterocycles. The molecule has 1 nitrogen and oxygen atoms in total. The highest BCUT2D eigenvalue weighted by molar-refractivity contribution is 5.12. The summed E-state index contributed by atoms with van der Waals surface area (Å²) in [5, 5.41) is 0. The third-order valence-electron chi connectivity index (χ3n) is 2.40. The van der Waals surface area contributed by atoms with E-state index in [0.29, 0.717) is 6.10 Å². The summed E-state index contributed by atoms with van der Waals surface area (Å²) in [6.07, 6.45) is 8.18. The van der Waals surface area contributed by atoms with Crippen LogP contribution >= 0.6 is 0 Å². The molecule has 0 aromatic carbocycles. The first-order valence-electron chi connectivity index (χ1n) is 5.14. The van der Waals surface area contributed by atoms with Crippen molar-refractivity contribution in [2.24, 2.45) is 5.92 Å². The zero-order valence-corrected chi connectivity index (χ0v) is 8.75. The summed E-state index contributed by atoms with van der Waals surface area (Å²) >= 11 is 0. The summed E-state index contributed by atoms with van der Waals surface area (Å²) < 4.78 is 5.70. The maximum Gasteiger partial charge on any atom is 0.0761 e. The lowest BCUT2D eigenvalue weighted by Gasteiger charge is -2.12. The minimum atomic E-state index is 0.314. The van der Waals surface area contributed by atoms with Gasteiger partial charge in [0.15, 0.2) is 0 Å². The van der Waals surface area contributed by atoms with Crippen molar-refractivity contribution < 1.29 is 4.74 Å². The zero-order valence-electron chi connectivity index (χ0n) is 8.75. The van der Waals surface area contributed by atoms with Gasteiger partial charge in [0.1, 0.15) is 0 Å². The largest absolute Gasteiger partial charge is 0.374 e. The van der Waals surface area contributed by atoms with E-state index in [-0.39, 0.29) is 0 Å². The molecular weight excluding hydrogens is 160 g/mol. The Morgan fingerprint density at radius 2 is 2.31 bits per heavy atom. The van der Waals surface area contributed by atoms with Gasteiger partial charge >= 0.3 is 0 Å². The first-order chi connectivity index (χ1) is 6.18. The maximum absolute atomic E-state index is 5.70. The van der Waals surface area contributed by atoms with Crippen molar-refractivity contribution >= 4 is 0 Å². The topological polar surface area (TPSA) is 9.23 Å². The average Bonchev–Trinajstić information content (AvgIpc) is 2.26. The van der Waals surface area contributed by atoms with Gasteiger partial charge in [0, 0.05) is 6.61 Å². The zero-order chi connectivity index (χ0) is 9.68. The Labute approximate surface area is 81.5 Å². The molecule has 2 atom stereocenters. The number of allylic oxidation sites excluding steroid dienone is 2. The summed E-state index contributed by atoms with van der Waals surface area (Å²) in [5.74, 6) is 0.794. The predicted molar refractivity (Wildman–Crippen MR) is 56.7 cm³/mol. The normalized spacial score (nSPS) is 30.3. The highest BCUT2D eigenvalue weighted by Crippen LogP contribution is 2.20. The van der Waals surface area contributed by atoms with Crippen molar-refractivity contribution in [2.45, 2.75) is 39.2 Å². The van der Waals surface area contributed by atoms with Crippen molar-refractivity contribution in [3.8, 4) is 0 Å².